The van der Waals surface area contributed by atoms with Crippen molar-refractivity contribution >= 4 is 0 Å². The van der Waals surface area contributed by atoms with Crippen LogP contribution in [0.5, 0.6) is 5.75 Å². The number of rotatable bonds is 3. The van der Waals surface area contributed by atoms with Gasteiger partial charge in [0, 0.05) is 18.1 Å². The fourth-order valence-corrected chi connectivity index (χ4v) is 3.73. The predicted molar refractivity (Wildman–Crippen MR) is 85.6 cm³/mol. The van der Waals surface area contributed by atoms with Gasteiger partial charge in [0.15, 0.2) is 0 Å². The van der Waals surface area contributed by atoms with Gasteiger partial charge in [0.1, 0.15) is 11.4 Å². The molecule has 2 aliphatic rings. The van der Waals surface area contributed by atoms with Crippen molar-refractivity contribution < 1.29 is 9.47 Å². The second kappa shape index (κ2) is 5.84. The summed E-state index contributed by atoms with van der Waals surface area (Å²) in [5, 5.41) is 0. The quantitative estimate of drug-likeness (QED) is 0.724. The molecule has 0 radical (unpaired) electrons. The highest BCUT2D eigenvalue weighted by Gasteiger charge is 2.47. The molecule has 0 bridgehead atoms. The first-order valence-corrected chi connectivity index (χ1v) is 8.13. The molecule has 0 spiro atoms. The second-order valence-electron chi connectivity index (χ2n) is 6.81. The summed E-state index contributed by atoms with van der Waals surface area (Å²) in [6.45, 7) is 7.46. The van der Waals surface area contributed by atoms with Gasteiger partial charge in [0.2, 0.25) is 0 Å². The molecule has 2 heteroatoms. The van der Waals surface area contributed by atoms with Crippen LogP contribution in [0.4, 0.5) is 0 Å². The van der Waals surface area contributed by atoms with E-state index < -0.39 is 0 Å². The van der Waals surface area contributed by atoms with Crippen molar-refractivity contribution in [3.05, 3.63) is 41.5 Å². The number of hydrogen-bond acceptors (Lipinski definition) is 2. The van der Waals surface area contributed by atoms with Crippen LogP contribution in [0.25, 0.3) is 0 Å². The van der Waals surface area contributed by atoms with Crippen molar-refractivity contribution in [2.45, 2.75) is 58.2 Å². The Morgan fingerprint density at radius 3 is 2.95 bits per heavy atom. The molecule has 1 fully saturated rings. The molecular formula is C19H26O2. The lowest BCUT2D eigenvalue weighted by Gasteiger charge is -2.48. The standard InChI is InChI=1S/C19H26O2/c1-14(2)8-6-12-19(3)16-10-7-13-20-18(16)15-9-4-5-11-17(15)21-19/h4-5,8-9,11,16,18H,6-7,10,12-13H2,1-3H3/t16-,18+,19-/m1/s1. The Kier molecular flexibility index (Phi) is 4.08. The normalized spacial score (nSPS) is 30.8. The van der Waals surface area contributed by atoms with Gasteiger partial charge in [-0.2, -0.15) is 0 Å². The Bertz CT molecular complexity index is 530. The van der Waals surface area contributed by atoms with E-state index in [1.807, 2.05) is 0 Å². The lowest BCUT2D eigenvalue weighted by Crippen LogP contribution is -2.49. The highest BCUT2D eigenvalue weighted by atomic mass is 16.5. The molecule has 1 saturated heterocycles. The topological polar surface area (TPSA) is 18.5 Å². The summed E-state index contributed by atoms with van der Waals surface area (Å²) in [6, 6.07) is 8.39. The minimum atomic E-state index is -0.120. The van der Waals surface area contributed by atoms with Crippen LogP contribution in [0.1, 0.15) is 58.1 Å². The molecule has 114 valence electrons. The maximum atomic E-state index is 6.46. The Labute approximate surface area is 128 Å². The van der Waals surface area contributed by atoms with Crippen LogP contribution < -0.4 is 4.74 Å². The van der Waals surface area contributed by atoms with Crippen LogP contribution in [0, 0.1) is 5.92 Å². The molecule has 0 saturated carbocycles. The molecule has 0 N–H and O–H groups in total. The summed E-state index contributed by atoms with van der Waals surface area (Å²) in [5.41, 5.74) is 2.50. The number of ether oxygens (including phenoxy) is 2. The van der Waals surface area contributed by atoms with E-state index in [1.165, 1.54) is 17.6 Å². The average Bonchev–Trinajstić information content (AvgIpc) is 2.47. The summed E-state index contributed by atoms with van der Waals surface area (Å²) in [5.74, 6) is 1.48. The van der Waals surface area contributed by atoms with Gasteiger partial charge in [0.25, 0.3) is 0 Å². The monoisotopic (exact) mass is 286 g/mol. The molecule has 0 aromatic heterocycles. The maximum Gasteiger partial charge on any atom is 0.125 e. The second-order valence-corrected chi connectivity index (χ2v) is 6.81. The van der Waals surface area contributed by atoms with Gasteiger partial charge in [-0.15, -0.1) is 0 Å². The van der Waals surface area contributed by atoms with Gasteiger partial charge >= 0.3 is 0 Å². The third-order valence-electron chi connectivity index (χ3n) is 4.87. The van der Waals surface area contributed by atoms with E-state index in [4.69, 9.17) is 9.47 Å². The Hall–Kier alpha value is -1.28. The summed E-state index contributed by atoms with van der Waals surface area (Å²) < 4.78 is 12.6. The molecule has 1 aromatic rings. The number of hydrogen-bond donors (Lipinski definition) is 0. The number of para-hydroxylation sites is 1. The fourth-order valence-electron chi connectivity index (χ4n) is 3.73. The summed E-state index contributed by atoms with van der Waals surface area (Å²) >= 11 is 0. The highest BCUT2D eigenvalue weighted by molar-refractivity contribution is 5.39. The Morgan fingerprint density at radius 2 is 2.14 bits per heavy atom. The van der Waals surface area contributed by atoms with E-state index in [-0.39, 0.29) is 11.7 Å². The minimum Gasteiger partial charge on any atom is -0.487 e. The lowest BCUT2D eigenvalue weighted by molar-refractivity contribution is -0.126. The van der Waals surface area contributed by atoms with E-state index in [0.29, 0.717) is 5.92 Å². The van der Waals surface area contributed by atoms with Gasteiger partial charge in [-0.1, -0.05) is 29.8 Å². The first-order chi connectivity index (χ1) is 10.1. The molecule has 21 heavy (non-hydrogen) atoms. The van der Waals surface area contributed by atoms with Gasteiger partial charge in [0.05, 0.1) is 6.10 Å². The zero-order valence-corrected chi connectivity index (χ0v) is 13.4. The SMILES string of the molecule is CC(C)=CCC[C@@]1(C)Oc2ccccc2[C@@H]2OCCC[C@H]21. The molecule has 0 amide bonds. The molecule has 1 aromatic carbocycles. The summed E-state index contributed by atoms with van der Waals surface area (Å²) in [6.07, 6.45) is 6.99. The van der Waals surface area contributed by atoms with Crippen LogP contribution in [0.15, 0.2) is 35.9 Å². The first-order valence-electron chi connectivity index (χ1n) is 8.13. The third-order valence-corrected chi connectivity index (χ3v) is 4.87. The fraction of sp³-hybridized carbons (Fsp3) is 0.579. The molecule has 2 heterocycles. The number of benzene rings is 1. The molecule has 3 atom stereocenters. The Balaban J connectivity index is 1.89. The van der Waals surface area contributed by atoms with Gasteiger partial charge < -0.3 is 9.47 Å². The van der Waals surface area contributed by atoms with Crippen molar-refractivity contribution in [2.75, 3.05) is 6.61 Å². The first kappa shape index (κ1) is 14.6. The maximum absolute atomic E-state index is 6.46. The molecule has 2 aliphatic heterocycles. The zero-order valence-electron chi connectivity index (χ0n) is 13.4. The van der Waals surface area contributed by atoms with E-state index in [0.717, 1.165) is 31.6 Å². The van der Waals surface area contributed by atoms with Crippen molar-refractivity contribution in [1.29, 1.82) is 0 Å². The van der Waals surface area contributed by atoms with Crippen LogP contribution in [-0.2, 0) is 4.74 Å². The molecule has 2 nitrogen and oxygen atoms in total. The smallest absolute Gasteiger partial charge is 0.125 e. The van der Waals surface area contributed by atoms with Gasteiger partial charge in [-0.05, 0) is 52.5 Å². The van der Waals surface area contributed by atoms with Crippen LogP contribution in [0.3, 0.4) is 0 Å². The molecule has 3 rings (SSSR count). The van der Waals surface area contributed by atoms with E-state index in [1.54, 1.807) is 0 Å². The molecule has 0 unspecified atom stereocenters. The summed E-state index contributed by atoms with van der Waals surface area (Å²) in [7, 11) is 0. The van der Waals surface area contributed by atoms with Gasteiger partial charge in [-0.3, -0.25) is 0 Å². The van der Waals surface area contributed by atoms with E-state index in [2.05, 4.69) is 51.1 Å². The van der Waals surface area contributed by atoms with Crippen LogP contribution >= 0.6 is 0 Å². The molecule has 0 aliphatic carbocycles. The van der Waals surface area contributed by atoms with E-state index >= 15 is 0 Å². The van der Waals surface area contributed by atoms with Crippen molar-refractivity contribution in [2.24, 2.45) is 5.92 Å². The highest BCUT2D eigenvalue weighted by Crippen LogP contribution is 2.50. The number of fused-ring (bicyclic) bond motifs is 3. The lowest BCUT2D eigenvalue weighted by atomic mass is 9.73. The van der Waals surface area contributed by atoms with Crippen molar-refractivity contribution in [3.63, 3.8) is 0 Å². The largest absolute Gasteiger partial charge is 0.487 e. The zero-order chi connectivity index (χ0) is 14.9. The third kappa shape index (κ3) is 2.87. The van der Waals surface area contributed by atoms with E-state index in [9.17, 15) is 0 Å². The molecular weight excluding hydrogens is 260 g/mol. The summed E-state index contributed by atoms with van der Waals surface area (Å²) in [4.78, 5) is 0. The number of allylic oxidation sites excluding steroid dienone is 2. The average molecular weight is 286 g/mol. The Morgan fingerprint density at radius 1 is 1.33 bits per heavy atom. The van der Waals surface area contributed by atoms with Crippen molar-refractivity contribution in [3.8, 4) is 5.75 Å². The van der Waals surface area contributed by atoms with Gasteiger partial charge in [-0.25, -0.2) is 0 Å². The predicted octanol–water partition coefficient (Wildman–Crippen LogP) is 5.05. The minimum absolute atomic E-state index is 0.120. The van der Waals surface area contributed by atoms with Crippen LogP contribution in [-0.4, -0.2) is 12.2 Å². The van der Waals surface area contributed by atoms with Crippen LogP contribution in [0.2, 0.25) is 0 Å². The van der Waals surface area contributed by atoms with Crippen molar-refractivity contribution in [1.82, 2.24) is 0 Å².